The summed E-state index contributed by atoms with van der Waals surface area (Å²) in [6.07, 6.45) is -3.34. The Balaban J connectivity index is 1.61. The maximum atomic E-state index is 14.5. The lowest BCUT2D eigenvalue weighted by Gasteiger charge is -2.19. The third-order valence-corrected chi connectivity index (χ3v) is 5.20. The molecule has 3 aromatic rings. The topological polar surface area (TPSA) is 44.8 Å². The van der Waals surface area contributed by atoms with Crippen LogP contribution < -0.4 is 14.2 Å². The van der Waals surface area contributed by atoms with Crippen molar-refractivity contribution >= 4 is 5.97 Å². The van der Waals surface area contributed by atoms with E-state index in [1.54, 1.807) is 31.2 Å². The van der Waals surface area contributed by atoms with Gasteiger partial charge in [0.25, 0.3) is 0 Å². The van der Waals surface area contributed by atoms with Crippen molar-refractivity contribution in [1.29, 1.82) is 0 Å². The second kappa shape index (κ2) is 11.9. The van der Waals surface area contributed by atoms with Crippen molar-refractivity contribution in [2.24, 2.45) is 0 Å². The Labute approximate surface area is 205 Å². The molecule has 3 aromatic carbocycles. The quantitative estimate of drug-likeness (QED) is 0.155. The molecule has 4 nitrogen and oxygen atoms in total. The molecule has 0 unspecified atom stereocenters. The zero-order valence-electron chi connectivity index (χ0n) is 19.8. The van der Waals surface area contributed by atoms with Crippen LogP contribution in [-0.4, -0.2) is 18.7 Å². The first-order chi connectivity index (χ1) is 17.1. The van der Waals surface area contributed by atoms with E-state index in [4.69, 9.17) is 9.47 Å². The van der Waals surface area contributed by atoms with Crippen molar-refractivity contribution in [1.82, 2.24) is 0 Å². The first-order valence-electron chi connectivity index (χ1n) is 11.4. The van der Waals surface area contributed by atoms with Crippen LogP contribution in [-0.2, 0) is 12.8 Å². The minimum absolute atomic E-state index is 0.0629. The second-order valence-electron chi connectivity index (χ2n) is 7.96. The fraction of sp³-hybridized carbons (Fsp3) is 0.296. The van der Waals surface area contributed by atoms with E-state index in [1.165, 1.54) is 6.07 Å². The van der Waals surface area contributed by atoms with E-state index in [9.17, 15) is 26.7 Å². The molecular formula is C27H25F5O4. The summed E-state index contributed by atoms with van der Waals surface area (Å²) >= 11 is 0. The molecule has 0 aliphatic rings. The van der Waals surface area contributed by atoms with E-state index in [0.717, 1.165) is 42.7 Å². The smallest absolute Gasteiger partial charge is 0.398 e. The van der Waals surface area contributed by atoms with Gasteiger partial charge in [-0.15, -0.1) is 0 Å². The van der Waals surface area contributed by atoms with E-state index < -0.39 is 47.4 Å². The number of ether oxygens (including phenoxy) is 3. The number of alkyl halides is 2. The fourth-order valence-corrected chi connectivity index (χ4v) is 3.40. The molecule has 0 heterocycles. The molecule has 9 heteroatoms. The van der Waals surface area contributed by atoms with Crippen LogP contribution in [0.3, 0.4) is 0 Å². The van der Waals surface area contributed by atoms with Gasteiger partial charge in [0.2, 0.25) is 11.6 Å². The molecule has 0 aromatic heterocycles. The van der Waals surface area contributed by atoms with Gasteiger partial charge in [-0.25, -0.2) is 9.18 Å². The largest absolute Gasteiger partial charge is 0.491 e. The highest BCUT2D eigenvalue weighted by molar-refractivity contribution is 5.91. The van der Waals surface area contributed by atoms with Crippen LogP contribution in [0, 0.1) is 17.5 Å². The van der Waals surface area contributed by atoms with Gasteiger partial charge in [0.15, 0.2) is 23.1 Å². The third kappa shape index (κ3) is 6.96. The molecule has 0 atom stereocenters. The lowest BCUT2D eigenvalue weighted by atomic mass is 10.1. The van der Waals surface area contributed by atoms with E-state index in [-0.39, 0.29) is 29.9 Å². The Morgan fingerprint density at radius 3 is 2.06 bits per heavy atom. The first-order valence-corrected chi connectivity index (χ1v) is 11.4. The Bertz CT molecular complexity index is 1200. The number of benzene rings is 3. The summed E-state index contributed by atoms with van der Waals surface area (Å²) in [5, 5.41) is 0. The molecule has 36 heavy (non-hydrogen) atoms. The average molecular weight is 508 g/mol. The summed E-state index contributed by atoms with van der Waals surface area (Å²) in [6.45, 7) is 3.65. The standard InChI is InChI=1S/C27H25F5O4/c1-3-5-17-6-9-19(10-7-17)26(33)35-21-11-8-18(16-20(21)28)14-15-27(31,32)36-23-13-12-22(34-4-2)24(29)25(23)30/h6-13,16H,3-5,14-15H2,1-2H3. The molecule has 0 aliphatic heterocycles. The molecule has 0 saturated heterocycles. The predicted molar refractivity (Wildman–Crippen MR) is 123 cm³/mol. The molecule has 0 amide bonds. The highest BCUT2D eigenvalue weighted by atomic mass is 19.3. The number of carbonyl (C=O) groups excluding carboxylic acids is 1. The van der Waals surface area contributed by atoms with Gasteiger partial charge in [-0.05, 0) is 67.3 Å². The van der Waals surface area contributed by atoms with Crippen molar-refractivity contribution in [3.63, 3.8) is 0 Å². The number of aryl methyl sites for hydroxylation is 2. The molecule has 0 fully saturated rings. The highest BCUT2D eigenvalue weighted by Crippen LogP contribution is 2.33. The third-order valence-electron chi connectivity index (χ3n) is 5.20. The van der Waals surface area contributed by atoms with Crippen molar-refractivity contribution in [2.75, 3.05) is 6.61 Å². The number of esters is 1. The van der Waals surface area contributed by atoms with Gasteiger partial charge in [-0.2, -0.15) is 17.6 Å². The van der Waals surface area contributed by atoms with E-state index in [0.29, 0.717) is 0 Å². The van der Waals surface area contributed by atoms with Crippen molar-refractivity contribution in [2.45, 2.75) is 45.6 Å². The molecule has 0 saturated carbocycles. The first kappa shape index (κ1) is 27.0. The van der Waals surface area contributed by atoms with Crippen LogP contribution in [0.15, 0.2) is 54.6 Å². The van der Waals surface area contributed by atoms with Crippen molar-refractivity contribution < 1.29 is 41.0 Å². The molecule has 3 rings (SSSR count). The lowest BCUT2D eigenvalue weighted by molar-refractivity contribution is -0.181. The predicted octanol–water partition coefficient (Wildman–Crippen LogP) is 7.28. The highest BCUT2D eigenvalue weighted by Gasteiger charge is 2.33. The Kier molecular flexibility index (Phi) is 8.90. The van der Waals surface area contributed by atoms with Crippen LogP contribution in [0.1, 0.15) is 48.2 Å². The van der Waals surface area contributed by atoms with Crippen LogP contribution in [0.4, 0.5) is 22.0 Å². The van der Waals surface area contributed by atoms with Gasteiger partial charge in [-0.3, -0.25) is 0 Å². The van der Waals surface area contributed by atoms with Gasteiger partial charge in [0.05, 0.1) is 18.6 Å². The maximum Gasteiger partial charge on any atom is 0.398 e. The Morgan fingerprint density at radius 1 is 0.806 bits per heavy atom. The van der Waals surface area contributed by atoms with Crippen LogP contribution in [0.25, 0.3) is 0 Å². The normalized spacial score (nSPS) is 11.3. The maximum absolute atomic E-state index is 14.5. The molecule has 0 N–H and O–H groups in total. The monoisotopic (exact) mass is 508 g/mol. The van der Waals surface area contributed by atoms with E-state index >= 15 is 0 Å². The Hall–Kier alpha value is -3.62. The minimum atomic E-state index is -3.87. The molecule has 192 valence electrons. The molecule has 0 bridgehead atoms. The summed E-state index contributed by atoms with van der Waals surface area (Å²) < 4.78 is 85.3. The molecule has 0 radical (unpaired) electrons. The van der Waals surface area contributed by atoms with E-state index in [1.807, 2.05) is 6.92 Å². The fourth-order valence-electron chi connectivity index (χ4n) is 3.40. The Morgan fingerprint density at radius 2 is 1.42 bits per heavy atom. The van der Waals surface area contributed by atoms with Crippen molar-refractivity contribution in [3.05, 3.63) is 88.7 Å². The number of hydrogen-bond donors (Lipinski definition) is 0. The zero-order valence-corrected chi connectivity index (χ0v) is 19.8. The van der Waals surface area contributed by atoms with Crippen molar-refractivity contribution in [3.8, 4) is 17.2 Å². The van der Waals surface area contributed by atoms with Gasteiger partial charge >= 0.3 is 12.1 Å². The van der Waals surface area contributed by atoms with Gasteiger partial charge in [-0.1, -0.05) is 31.5 Å². The summed E-state index contributed by atoms with van der Waals surface area (Å²) in [6, 6.07) is 12.0. The van der Waals surface area contributed by atoms with Crippen LogP contribution >= 0.6 is 0 Å². The number of hydrogen-bond acceptors (Lipinski definition) is 4. The van der Waals surface area contributed by atoms with E-state index in [2.05, 4.69) is 4.74 Å². The summed E-state index contributed by atoms with van der Waals surface area (Å²) in [5.74, 6) is -6.45. The molecular weight excluding hydrogens is 483 g/mol. The zero-order chi connectivity index (χ0) is 26.3. The lowest BCUT2D eigenvalue weighted by Crippen LogP contribution is -2.26. The molecule has 0 aliphatic carbocycles. The number of carbonyl (C=O) groups is 1. The average Bonchev–Trinajstić information content (AvgIpc) is 2.85. The SMILES string of the molecule is CCCc1ccc(C(=O)Oc2ccc(CCC(F)(F)Oc3ccc(OCC)c(F)c3F)cc2F)cc1. The minimum Gasteiger partial charge on any atom is -0.491 e. The summed E-state index contributed by atoms with van der Waals surface area (Å²) in [4.78, 5) is 12.3. The van der Waals surface area contributed by atoms with Gasteiger partial charge in [0.1, 0.15) is 0 Å². The van der Waals surface area contributed by atoms with Crippen LogP contribution in [0.5, 0.6) is 17.2 Å². The summed E-state index contributed by atoms with van der Waals surface area (Å²) in [5.41, 5.74) is 1.46. The second-order valence-corrected chi connectivity index (χ2v) is 7.96. The van der Waals surface area contributed by atoms with Gasteiger partial charge < -0.3 is 14.2 Å². The van der Waals surface area contributed by atoms with Crippen LogP contribution in [0.2, 0.25) is 0 Å². The molecule has 0 spiro atoms. The number of halogens is 5. The number of rotatable bonds is 11. The summed E-state index contributed by atoms with van der Waals surface area (Å²) in [7, 11) is 0. The van der Waals surface area contributed by atoms with Gasteiger partial charge in [0, 0.05) is 0 Å².